The quantitative estimate of drug-likeness (QED) is 0.253. The van der Waals surface area contributed by atoms with E-state index in [0.717, 1.165) is 0 Å². The summed E-state index contributed by atoms with van der Waals surface area (Å²) in [5.74, 6) is -1.01. The van der Waals surface area contributed by atoms with Crippen molar-refractivity contribution in [1.82, 2.24) is 5.06 Å². The summed E-state index contributed by atoms with van der Waals surface area (Å²) in [7, 11) is 0. The summed E-state index contributed by atoms with van der Waals surface area (Å²) < 4.78 is -0.529. The maximum absolute atomic E-state index is 11.3. The molecule has 0 saturated carbocycles. The minimum Gasteiger partial charge on any atom is -0.312 e. The van der Waals surface area contributed by atoms with E-state index in [-0.39, 0.29) is 5.92 Å². The Morgan fingerprint density at radius 2 is 2.00 bits per heavy atom. The van der Waals surface area contributed by atoms with Crippen LogP contribution >= 0.6 is 22.6 Å². The molecule has 0 radical (unpaired) electrons. The fourth-order valence-corrected chi connectivity index (χ4v) is 3.35. The lowest BCUT2D eigenvalue weighted by atomic mass is 9.81. The third-order valence-corrected chi connectivity index (χ3v) is 3.70. The van der Waals surface area contributed by atoms with Crippen LogP contribution in [0.2, 0.25) is 0 Å². The maximum atomic E-state index is 11.3. The van der Waals surface area contributed by atoms with Crippen molar-refractivity contribution < 1.29 is 20.1 Å². The number of hydrogen-bond acceptors (Lipinski definition) is 5. The Hall–Kier alpha value is 0.0800. The van der Waals surface area contributed by atoms with Crippen molar-refractivity contribution >= 4 is 28.6 Å². The molecule has 6 heteroatoms. The van der Waals surface area contributed by atoms with E-state index >= 15 is 0 Å². The molecule has 0 aromatic rings. The summed E-state index contributed by atoms with van der Waals surface area (Å²) in [6.45, 7) is 5.54. The Kier molecular flexibility index (Phi) is 3.64. The van der Waals surface area contributed by atoms with Gasteiger partial charge in [-0.05, 0) is 33.6 Å². The highest BCUT2D eigenvalue weighted by molar-refractivity contribution is 14.1. The van der Waals surface area contributed by atoms with E-state index in [2.05, 4.69) is 27.5 Å². The minimum atomic E-state index is -0.626. The summed E-state index contributed by atoms with van der Waals surface area (Å²) in [5, 5.41) is 19.6. The van der Waals surface area contributed by atoms with Crippen molar-refractivity contribution in [2.45, 2.75) is 42.7 Å². The van der Waals surface area contributed by atoms with Gasteiger partial charge in [0.1, 0.15) is 0 Å². The van der Waals surface area contributed by atoms with Crippen LogP contribution in [-0.2, 0) is 9.68 Å². The second kappa shape index (κ2) is 4.15. The molecule has 2 atom stereocenters. The zero-order chi connectivity index (χ0) is 11.9. The molecule has 88 valence electrons. The lowest BCUT2D eigenvalue weighted by molar-refractivity contribution is -0.254. The van der Waals surface area contributed by atoms with Crippen LogP contribution in [0, 0.1) is 5.92 Å². The highest BCUT2D eigenvalue weighted by Crippen LogP contribution is 2.43. The van der Waals surface area contributed by atoms with E-state index in [1.165, 1.54) is 5.06 Å². The van der Waals surface area contributed by atoms with Gasteiger partial charge in [-0.1, -0.05) is 22.6 Å². The Bertz CT molecular complexity index is 249. The second-order valence-electron chi connectivity index (χ2n) is 4.78. The number of carbonyl (C=O) groups is 1. The lowest BCUT2D eigenvalue weighted by Crippen LogP contribution is -2.58. The zero-order valence-electron chi connectivity index (χ0n) is 9.03. The van der Waals surface area contributed by atoms with E-state index in [1.807, 2.05) is 20.8 Å². The molecule has 1 heterocycles. The molecule has 0 aliphatic carbocycles. The predicted octanol–water partition coefficient (Wildman–Crippen LogP) is 2.03. The number of carbonyl (C=O) groups excluding carboxylic acids is 1. The van der Waals surface area contributed by atoms with Crippen molar-refractivity contribution in [2.24, 2.45) is 5.92 Å². The van der Waals surface area contributed by atoms with Gasteiger partial charge in [-0.15, -0.1) is 0 Å². The van der Waals surface area contributed by atoms with Crippen LogP contribution in [0.1, 0.15) is 33.6 Å². The van der Waals surface area contributed by atoms with Gasteiger partial charge in [0, 0.05) is 5.54 Å². The summed E-state index contributed by atoms with van der Waals surface area (Å²) in [4.78, 5) is 15.0. The first-order valence-corrected chi connectivity index (χ1v) is 5.82. The molecule has 1 aliphatic heterocycles. The molecule has 1 rings (SSSR count). The van der Waals surface area contributed by atoms with E-state index in [1.54, 1.807) is 0 Å². The molecular formula is C9H16INO4. The van der Waals surface area contributed by atoms with Gasteiger partial charge in [0.05, 0.1) is 9.46 Å². The summed E-state index contributed by atoms with van der Waals surface area (Å²) in [5.41, 5.74) is -0.507. The van der Waals surface area contributed by atoms with E-state index in [9.17, 15) is 10.0 Å². The first-order chi connectivity index (χ1) is 6.70. The monoisotopic (exact) mass is 329 g/mol. The molecule has 1 aliphatic rings. The SMILES string of the molecule is CC1(C)CC(C(=O)OO)CC(C)(I)N1O. The van der Waals surface area contributed by atoms with Crippen LogP contribution in [0.3, 0.4) is 0 Å². The molecule has 2 unspecified atom stereocenters. The standard InChI is InChI=1S/C9H16INO4/c1-8(2)4-6(7(12)15-14)5-9(3,10)11(8)13/h6,13-14H,4-5H2,1-3H3. The molecule has 15 heavy (non-hydrogen) atoms. The Balaban J connectivity index is 2.89. The Morgan fingerprint density at radius 1 is 1.47 bits per heavy atom. The minimum absolute atomic E-state index is 0.379. The third-order valence-electron chi connectivity index (χ3n) is 2.80. The van der Waals surface area contributed by atoms with Gasteiger partial charge in [-0.25, -0.2) is 4.79 Å². The average molecular weight is 329 g/mol. The molecule has 1 saturated heterocycles. The fraction of sp³-hybridized carbons (Fsp3) is 0.889. The van der Waals surface area contributed by atoms with Gasteiger partial charge < -0.3 is 10.1 Å². The smallest absolute Gasteiger partial charge is 0.312 e. The van der Waals surface area contributed by atoms with E-state index in [4.69, 9.17) is 5.26 Å². The summed E-state index contributed by atoms with van der Waals surface area (Å²) in [6, 6.07) is 0. The van der Waals surface area contributed by atoms with Crippen LogP contribution in [0.4, 0.5) is 0 Å². The number of rotatable bonds is 1. The van der Waals surface area contributed by atoms with Gasteiger partial charge in [0.2, 0.25) is 0 Å². The molecule has 0 amide bonds. The van der Waals surface area contributed by atoms with Crippen molar-refractivity contribution in [1.29, 1.82) is 0 Å². The van der Waals surface area contributed by atoms with Crippen molar-refractivity contribution in [2.75, 3.05) is 0 Å². The topological polar surface area (TPSA) is 70.0 Å². The number of piperidine rings is 1. The van der Waals surface area contributed by atoms with Gasteiger partial charge in [0.25, 0.3) is 0 Å². The zero-order valence-corrected chi connectivity index (χ0v) is 11.2. The van der Waals surface area contributed by atoms with Gasteiger partial charge in [-0.3, -0.25) is 0 Å². The van der Waals surface area contributed by atoms with Crippen LogP contribution in [0.5, 0.6) is 0 Å². The van der Waals surface area contributed by atoms with Crippen molar-refractivity contribution in [3.8, 4) is 0 Å². The van der Waals surface area contributed by atoms with Gasteiger partial charge in [-0.2, -0.15) is 10.3 Å². The van der Waals surface area contributed by atoms with Gasteiger partial charge >= 0.3 is 5.97 Å². The number of halogens is 1. The molecule has 0 aromatic heterocycles. The molecule has 5 nitrogen and oxygen atoms in total. The van der Waals surface area contributed by atoms with Crippen LogP contribution in [0.15, 0.2) is 0 Å². The number of alkyl halides is 1. The Morgan fingerprint density at radius 3 is 2.40 bits per heavy atom. The van der Waals surface area contributed by atoms with Crippen LogP contribution in [-0.4, -0.2) is 30.6 Å². The molecular weight excluding hydrogens is 313 g/mol. The van der Waals surface area contributed by atoms with E-state index in [0.29, 0.717) is 12.8 Å². The summed E-state index contributed by atoms with van der Waals surface area (Å²) >= 11 is 2.09. The van der Waals surface area contributed by atoms with E-state index < -0.39 is 15.1 Å². The maximum Gasteiger partial charge on any atom is 0.345 e. The number of nitrogens with zero attached hydrogens (tertiary/aromatic N) is 1. The van der Waals surface area contributed by atoms with Crippen LogP contribution in [0.25, 0.3) is 0 Å². The molecule has 2 N–H and O–H groups in total. The second-order valence-corrected chi connectivity index (χ2v) is 7.11. The number of hydroxylamine groups is 2. The fourth-order valence-electron chi connectivity index (χ4n) is 2.17. The first-order valence-electron chi connectivity index (χ1n) is 4.74. The first kappa shape index (κ1) is 13.1. The largest absolute Gasteiger partial charge is 0.345 e. The lowest BCUT2D eigenvalue weighted by Gasteiger charge is -2.49. The molecule has 0 aromatic carbocycles. The van der Waals surface area contributed by atoms with Gasteiger partial charge in [0.15, 0.2) is 0 Å². The van der Waals surface area contributed by atoms with Crippen molar-refractivity contribution in [3.63, 3.8) is 0 Å². The van der Waals surface area contributed by atoms with Crippen molar-refractivity contribution in [3.05, 3.63) is 0 Å². The molecule has 0 bridgehead atoms. The third kappa shape index (κ3) is 2.61. The van der Waals surface area contributed by atoms with Crippen LogP contribution < -0.4 is 0 Å². The number of hydrogen-bond donors (Lipinski definition) is 2. The molecule has 1 fully saturated rings. The average Bonchev–Trinajstić information content (AvgIpc) is 2.11. The Labute approximate surface area is 102 Å². The normalized spacial score (nSPS) is 36.3. The highest BCUT2D eigenvalue weighted by Gasteiger charge is 2.48. The highest BCUT2D eigenvalue weighted by atomic mass is 127. The predicted molar refractivity (Wildman–Crippen MR) is 61.6 cm³/mol. The summed E-state index contributed by atoms with van der Waals surface area (Å²) in [6.07, 6.45) is 0.911. The molecule has 0 spiro atoms.